The van der Waals surface area contributed by atoms with E-state index in [1.54, 1.807) is 17.0 Å². The van der Waals surface area contributed by atoms with Gasteiger partial charge in [0.05, 0.1) is 11.4 Å². The number of hydrogen-bond donors (Lipinski definition) is 0. The number of cyclic esters (lactones) is 1. The maximum atomic E-state index is 12.1. The molecule has 1 fully saturated rings. The van der Waals surface area contributed by atoms with E-state index in [1.165, 1.54) is 12.1 Å². The number of carbonyl (C=O) groups is 1. The third kappa shape index (κ3) is 4.20. The van der Waals surface area contributed by atoms with Crippen LogP contribution in [0.2, 0.25) is 0 Å². The van der Waals surface area contributed by atoms with Crippen LogP contribution in [-0.4, -0.2) is 45.2 Å². The maximum Gasteiger partial charge on any atom is 0.410 e. The molecule has 1 aromatic carbocycles. The number of rotatable bonds is 6. The molecule has 1 atom stereocenters. The molecule has 1 amide bonds. The first-order valence-corrected chi connectivity index (χ1v) is 8.60. The molecule has 0 N–H and O–H groups in total. The summed E-state index contributed by atoms with van der Waals surface area (Å²) in [7, 11) is -3.83. The lowest BCUT2D eigenvalue weighted by atomic mass is 10.2. The standard InChI is InChI=1S/C15H21NO5S/c1-11(2)8-16-9-13(21-15(16)17)10-20-22(18,19)14-6-4-12(3)5-7-14/h4-7,11,13H,8-10H2,1-3H3. The van der Waals surface area contributed by atoms with Crippen molar-refractivity contribution in [3.05, 3.63) is 29.8 Å². The Labute approximate surface area is 131 Å². The average Bonchev–Trinajstić information content (AvgIpc) is 2.77. The molecular weight excluding hydrogens is 306 g/mol. The minimum atomic E-state index is -3.83. The highest BCUT2D eigenvalue weighted by atomic mass is 32.2. The van der Waals surface area contributed by atoms with Gasteiger partial charge >= 0.3 is 6.09 Å². The van der Waals surface area contributed by atoms with E-state index in [4.69, 9.17) is 8.92 Å². The highest BCUT2D eigenvalue weighted by Crippen LogP contribution is 2.17. The molecule has 2 rings (SSSR count). The Morgan fingerprint density at radius 2 is 1.95 bits per heavy atom. The van der Waals surface area contributed by atoms with E-state index in [0.29, 0.717) is 19.0 Å². The third-order valence-electron chi connectivity index (χ3n) is 3.25. The van der Waals surface area contributed by atoms with E-state index in [-0.39, 0.29) is 11.5 Å². The predicted molar refractivity (Wildman–Crippen MR) is 81.0 cm³/mol. The van der Waals surface area contributed by atoms with Crippen molar-refractivity contribution >= 4 is 16.2 Å². The number of aryl methyl sites for hydroxylation is 1. The van der Waals surface area contributed by atoms with Gasteiger partial charge in [0, 0.05) is 6.54 Å². The monoisotopic (exact) mass is 327 g/mol. The number of carbonyl (C=O) groups excluding carboxylic acids is 1. The molecular formula is C15H21NO5S. The van der Waals surface area contributed by atoms with Crippen LogP contribution >= 0.6 is 0 Å². The molecule has 1 aliphatic rings. The summed E-state index contributed by atoms with van der Waals surface area (Å²) in [6.45, 7) is 6.63. The van der Waals surface area contributed by atoms with Crippen LogP contribution in [0.1, 0.15) is 19.4 Å². The van der Waals surface area contributed by atoms with Crippen molar-refractivity contribution in [3.63, 3.8) is 0 Å². The van der Waals surface area contributed by atoms with Crippen LogP contribution in [0.3, 0.4) is 0 Å². The van der Waals surface area contributed by atoms with Gasteiger partial charge in [-0.15, -0.1) is 0 Å². The summed E-state index contributed by atoms with van der Waals surface area (Å²) < 4.78 is 34.3. The van der Waals surface area contributed by atoms with Crippen LogP contribution in [0.4, 0.5) is 4.79 Å². The van der Waals surface area contributed by atoms with Crippen LogP contribution in [0.5, 0.6) is 0 Å². The van der Waals surface area contributed by atoms with Crippen molar-refractivity contribution in [3.8, 4) is 0 Å². The molecule has 1 saturated heterocycles. The fraction of sp³-hybridized carbons (Fsp3) is 0.533. The van der Waals surface area contributed by atoms with E-state index in [2.05, 4.69) is 0 Å². The van der Waals surface area contributed by atoms with Gasteiger partial charge < -0.3 is 9.64 Å². The highest BCUT2D eigenvalue weighted by molar-refractivity contribution is 7.86. The second-order valence-electron chi connectivity index (χ2n) is 5.86. The molecule has 0 spiro atoms. The van der Waals surface area contributed by atoms with Gasteiger partial charge in [0.15, 0.2) is 0 Å². The topological polar surface area (TPSA) is 72.9 Å². The average molecular weight is 327 g/mol. The zero-order valence-electron chi connectivity index (χ0n) is 13.0. The largest absolute Gasteiger partial charge is 0.442 e. The van der Waals surface area contributed by atoms with Crippen LogP contribution in [0.15, 0.2) is 29.2 Å². The van der Waals surface area contributed by atoms with E-state index in [1.807, 2.05) is 20.8 Å². The summed E-state index contributed by atoms with van der Waals surface area (Å²) >= 11 is 0. The van der Waals surface area contributed by atoms with Gasteiger partial charge in [-0.05, 0) is 25.0 Å². The van der Waals surface area contributed by atoms with Gasteiger partial charge in [-0.2, -0.15) is 8.42 Å². The number of benzene rings is 1. The van der Waals surface area contributed by atoms with Crippen LogP contribution in [0, 0.1) is 12.8 Å². The Bertz CT molecular complexity index is 624. The Hall–Kier alpha value is -1.60. The van der Waals surface area contributed by atoms with Crippen LogP contribution in [0.25, 0.3) is 0 Å². The first kappa shape index (κ1) is 16.8. The zero-order valence-corrected chi connectivity index (χ0v) is 13.8. The molecule has 122 valence electrons. The smallest absolute Gasteiger partial charge is 0.410 e. The van der Waals surface area contributed by atoms with Gasteiger partial charge in [0.2, 0.25) is 0 Å². The lowest BCUT2D eigenvalue weighted by Crippen LogP contribution is -2.30. The summed E-state index contributed by atoms with van der Waals surface area (Å²) in [6, 6.07) is 6.40. The summed E-state index contributed by atoms with van der Waals surface area (Å²) in [5.41, 5.74) is 0.966. The van der Waals surface area contributed by atoms with Gasteiger partial charge in [0.1, 0.15) is 12.7 Å². The van der Waals surface area contributed by atoms with Gasteiger partial charge in [-0.1, -0.05) is 31.5 Å². The van der Waals surface area contributed by atoms with Crippen molar-refractivity contribution in [2.24, 2.45) is 5.92 Å². The highest BCUT2D eigenvalue weighted by Gasteiger charge is 2.32. The third-order valence-corrected chi connectivity index (χ3v) is 4.55. The minimum Gasteiger partial charge on any atom is -0.442 e. The Balaban J connectivity index is 1.93. The molecule has 6 nitrogen and oxygen atoms in total. The quantitative estimate of drug-likeness (QED) is 0.749. The molecule has 1 aromatic rings. The summed E-state index contributed by atoms with van der Waals surface area (Å²) in [5, 5.41) is 0. The molecule has 0 aromatic heterocycles. The number of ether oxygens (including phenoxy) is 1. The van der Waals surface area contributed by atoms with Crippen molar-refractivity contribution < 1.29 is 22.1 Å². The SMILES string of the molecule is Cc1ccc(S(=O)(=O)OCC2CN(CC(C)C)C(=O)O2)cc1. The molecule has 22 heavy (non-hydrogen) atoms. The minimum absolute atomic E-state index is 0.0986. The molecule has 1 heterocycles. The van der Waals surface area contributed by atoms with Crippen molar-refractivity contribution in [2.45, 2.75) is 31.8 Å². The van der Waals surface area contributed by atoms with Crippen molar-refractivity contribution in [2.75, 3.05) is 19.7 Å². The first-order valence-electron chi connectivity index (χ1n) is 7.19. The number of hydrogen-bond acceptors (Lipinski definition) is 5. The summed E-state index contributed by atoms with van der Waals surface area (Å²) in [5.74, 6) is 0.323. The molecule has 0 bridgehead atoms. The lowest BCUT2D eigenvalue weighted by molar-refractivity contribution is 0.104. The molecule has 0 radical (unpaired) electrons. The fourth-order valence-electron chi connectivity index (χ4n) is 2.19. The van der Waals surface area contributed by atoms with E-state index in [9.17, 15) is 13.2 Å². The first-order chi connectivity index (χ1) is 10.3. The fourth-order valence-corrected chi connectivity index (χ4v) is 3.13. The van der Waals surface area contributed by atoms with Gasteiger partial charge in [-0.25, -0.2) is 4.79 Å². The number of amides is 1. The zero-order chi connectivity index (χ0) is 16.3. The van der Waals surface area contributed by atoms with Crippen molar-refractivity contribution in [1.82, 2.24) is 4.90 Å². The Morgan fingerprint density at radius 3 is 2.55 bits per heavy atom. The lowest BCUT2D eigenvalue weighted by Gasteiger charge is -2.15. The predicted octanol–water partition coefficient (Wildman–Crippen LogP) is 2.18. The van der Waals surface area contributed by atoms with Crippen molar-refractivity contribution in [1.29, 1.82) is 0 Å². The second-order valence-corrected chi connectivity index (χ2v) is 7.47. The van der Waals surface area contributed by atoms with E-state index < -0.39 is 22.3 Å². The molecule has 1 unspecified atom stereocenters. The summed E-state index contributed by atoms with van der Waals surface area (Å²) in [6.07, 6.45) is -0.985. The molecule has 7 heteroatoms. The number of nitrogens with zero attached hydrogens (tertiary/aromatic N) is 1. The van der Waals surface area contributed by atoms with E-state index >= 15 is 0 Å². The van der Waals surface area contributed by atoms with Crippen LogP contribution < -0.4 is 0 Å². The second kappa shape index (κ2) is 6.66. The molecule has 0 saturated carbocycles. The van der Waals surface area contributed by atoms with E-state index in [0.717, 1.165) is 5.56 Å². The van der Waals surface area contributed by atoms with Crippen LogP contribution in [-0.2, 0) is 19.0 Å². The normalized spacial score (nSPS) is 18.8. The maximum absolute atomic E-state index is 12.1. The Morgan fingerprint density at radius 1 is 1.32 bits per heavy atom. The Kier molecular flexibility index (Phi) is 5.08. The van der Waals surface area contributed by atoms with Gasteiger partial charge in [-0.3, -0.25) is 4.18 Å². The molecule has 0 aliphatic carbocycles. The summed E-state index contributed by atoms with van der Waals surface area (Å²) in [4.78, 5) is 13.3. The molecule has 1 aliphatic heterocycles. The van der Waals surface area contributed by atoms with Gasteiger partial charge in [0.25, 0.3) is 10.1 Å².